The number of rotatable bonds is 9. The number of alkyl halides is 13. The minimum Gasteiger partial charge on any atom is -0.281 e. The van der Waals surface area contributed by atoms with Crippen molar-refractivity contribution in [1.29, 1.82) is 0 Å². The summed E-state index contributed by atoms with van der Waals surface area (Å²) < 4.78 is 168. The van der Waals surface area contributed by atoms with Gasteiger partial charge in [-0.05, 0) is 0 Å². The first-order valence-corrected chi connectivity index (χ1v) is 6.79. The monoisotopic (exact) mass is 439 g/mol. The Labute approximate surface area is 149 Å². The van der Waals surface area contributed by atoms with Crippen molar-refractivity contribution in [3.05, 3.63) is 0 Å². The molecule has 0 radical (unpaired) electrons. The van der Waals surface area contributed by atoms with E-state index in [9.17, 15) is 57.1 Å². The van der Waals surface area contributed by atoms with Gasteiger partial charge in [-0.2, -0.15) is 57.1 Å². The Morgan fingerprint density at radius 1 is 0.571 bits per heavy atom. The molecule has 0 aliphatic carbocycles. The zero-order chi connectivity index (χ0) is 22.8. The third-order valence-corrected chi connectivity index (χ3v) is 3.37. The summed E-state index contributed by atoms with van der Waals surface area (Å²) in [5.41, 5.74) is 0. The number of terminal acetylenes is 2. The Bertz CT molecular complexity index is 605. The molecule has 0 saturated heterocycles. The highest BCUT2D eigenvalue weighted by Gasteiger charge is 2.90. The average molecular weight is 439 g/mol. The third-order valence-electron chi connectivity index (χ3n) is 3.37. The summed E-state index contributed by atoms with van der Waals surface area (Å²) in [6.45, 7) is -2.41. The van der Waals surface area contributed by atoms with Gasteiger partial charge in [0, 0.05) is 13.0 Å². The van der Waals surface area contributed by atoms with Gasteiger partial charge in [0.05, 0.1) is 13.1 Å². The SMILES string of the molecule is C#CCN(CC#C)CCC(F)(F)C(F)(F)C(F)(F)C(F)(F)C(F)(F)C(F)(F)F. The molecule has 0 rings (SSSR count). The van der Waals surface area contributed by atoms with Crippen molar-refractivity contribution in [3.63, 3.8) is 0 Å². The van der Waals surface area contributed by atoms with Gasteiger partial charge in [0.1, 0.15) is 0 Å². The Morgan fingerprint density at radius 2 is 0.929 bits per heavy atom. The molecule has 0 aromatic heterocycles. The lowest BCUT2D eigenvalue weighted by Crippen LogP contribution is -2.70. The normalized spacial score (nSPS) is 14.7. The van der Waals surface area contributed by atoms with Gasteiger partial charge in [-0.1, -0.05) is 11.8 Å². The molecule has 0 heterocycles. The molecule has 1 nitrogen and oxygen atoms in total. The number of nitrogens with zero attached hydrogens (tertiary/aromatic N) is 1. The summed E-state index contributed by atoms with van der Waals surface area (Å²) in [7, 11) is 0. The highest BCUT2D eigenvalue weighted by atomic mass is 19.4. The Morgan fingerprint density at radius 3 is 1.25 bits per heavy atom. The fourth-order valence-corrected chi connectivity index (χ4v) is 1.73. The predicted octanol–water partition coefficient (Wildman–Crippen LogP) is 4.68. The van der Waals surface area contributed by atoms with Crippen LogP contribution in [-0.2, 0) is 0 Å². The lowest BCUT2D eigenvalue weighted by atomic mass is 9.92. The second-order valence-corrected chi connectivity index (χ2v) is 5.37. The van der Waals surface area contributed by atoms with Crippen LogP contribution in [0.15, 0.2) is 0 Å². The van der Waals surface area contributed by atoms with Crippen molar-refractivity contribution < 1.29 is 57.1 Å². The van der Waals surface area contributed by atoms with Gasteiger partial charge in [-0.3, -0.25) is 4.90 Å². The van der Waals surface area contributed by atoms with Gasteiger partial charge in [-0.25, -0.2) is 0 Å². The molecule has 0 atom stereocenters. The van der Waals surface area contributed by atoms with Crippen molar-refractivity contribution in [1.82, 2.24) is 4.90 Å². The molecule has 0 aromatic rings. The van der Waals surface area contributed by atoms with Crippen molar-refractivity contribution in [2.45, 2.75) is 42.2 Å². The molecule has 0 spiro atoms. The van der Waals surface area contributed by atoms with E-state index in [4.69, 9.17) is 12.8 Å². The molecular weight excluding hydrogens is 429 g/mol. The summed E-state index contributed by atoms with van der Waals surface area (Å²) in [6, 6.07) is 0. The van der Waals surface area contributed by atoms with Crippen LogP contribution in [0.25, 0.3) is 0 Å². The fraction of sp³-hybridized carbons (Fsp3) is 0.714. The minimum atomic E-state index is -7.90. The summed E-state index contributed by atoms with van der Waals surface area (Å²) in [5.74, 6) is -33.2. The first-order valence-electron chi connectivity index (χ1n) is 6.79. The summed E-state index contributed by atoms with van der Waals surface area (Å²) in [5, 5.41) is 0. The summed E-state index contributed by atoms with van der Waals surface area (Å²) in [6.07, 6.45) is -0.194. The molecule has 0 saturated carbocycles. The van der Waals surface area contributed by atoms with Crippen molar-refractivity contribution in [2.24, 2.45) is 0 Å². The average Bonchev–Trinajstić information content (AvgIpc) is 2.51. The highest BCUT2D eigenvalue weighted by Crippen LogP contribution is 2.60. The molecule has 0 amide bonds. The van der Waals surface area contributed by atoms with E-state index in [2.05, 4.69) is 0 Å². The van der Waals surface area contributed by atoms with Crippen molar-refractivity contribution in [3.8, 4) is 24.7 Å². The maximum atomic E-state index is 13.5. The number of hydrogen-bond donors (Lipinski definition) is 0. The van der Waals surface area contributed by atoms with E-state index in [-0.39, 0.29) is 0 Å². The molecule has 0 fully saturated rings. The van der Waals surface area contributed by atoms with Gasteiger partial charge >= 0.3 is 35.8 Å². The molecule has 0 aromatic carbocycles. The fourth-order valence-electron chi connectivity index (χ4n) is 1.73. The minimum absolute atomic E-state index is 0.565. The summed E-state index contributed by atoms with van der Waals surface area (Å²) in [4.78, 5) is 0.630. The van der Waals surface area contributed by atoms with Crippen LogP contribution in [0.2, 0.25) is 0 Å². The van der Waals surface area contributed by atoms with Crippen LogP contribution in [0.1, 0.15) is 6.42 Å². The summed E-state index contributed by atoms with van der Waals surface area (Å²) >= 11 is 0. The lowest BCUT2D eigenvalue weighted by Gasteiger charge is -2.40. The zero-order valence-electron chi connectivity index (χ0n) is 13.3. The van der Waals surface area contributed by atoms with Crippen molar-refractivity contribution in [2.75, 3.05) is 19.6 Å². The second kappa shape index (κ2) is 7.89. The predicted molar refractivity (Wildman–Crippen MR) is 69.5 cm³/mol. The molecule has 28 heavy (non-hydrogen) atoms. The second-order valence-electron chi connectivity index (χ2n) is 5.37. The lowest BCUT2D eigenvalue weighted by molar-refractivity contribution is -0.440. The van der Waals surface area contributed by atoms with Crippen LogP contribution in [0, 0.1) is 24.7 Å². The molecule has 162 valence electrons. The maximum Gasteiger partial charge on any atom is 0.460 e. The Hall–Kier alpha value is -1.83. The molecule has 0 bridgehead atoms. The molecule has 14 heteroatoms. The van der Waals surface area contributed by atoms with Crippen LogP contribution in [0.3, 0.4) is 0 Å². The topological polar surface area (TPSA) is 3.24 Å². The van der Waals surface area contributed by atoms with E-state index in [1.807, 2.05) is 11.8 Å². The van der Waals surface area contributed by atoms with Crippen LogP contribution in [0.4, 0.5) is 57.1 Å². The van der Waals surface area contributed by atoms with Gasteiger partial charge in [-0.15, -0.1) is 12.8 Å². The zero-order valence-corrected chi connectivity index (χ0v) is 13.3. The smallest absolute Gasteiger partial charge is 0.281 e. The molecule has 0 unspecified atom stereocenters. The van der Waals surface area contributed by atoms with E-state index < -0.39 is 61.8 Å². The van der Waals surface area contributed by atoms with E-state index >= 15 is 0 Å². The van der Waals surface area contributed by atoms with E-state index in [0.717, 1.165) is 0 Å². The molecular formula is C14H10F13N. The van der Waals surface area contributed by atoms with E-state index in [0.29, 0.717) is 4.90 Å². The quantitative estimate of drug-likeness (QED) is 0.373. The number of hydrogen-bond acceptors (Lipinski definition) is 1. The van der Waals surface area contributed by atoms with Crippen LogP contribution < -0.4 is 0 Å². The van der Waals surface area contributed by atoms with Crippen molar-refractivity contribution >= 4 is 0 Å². The van der Waals surface area contributed by atoms with E-state index in [1.165, 1.54) is 0 Å². The Balaban J connectivity index is 5.92. The van der Waals surface area contributed by atoms with Gasteiger partial charge in [0.2, 0.25) is 0 Å². The van der Waals surface area contributed by atoms with Crippen LogP contribution >= 0.6 is 0 Å². The first kappa shape index (κ1) is 26.2. The standard InChI is InChI=1S/C14H10F13N/c1-3-6-28(7-4-2)8-5-9(15,16)10(17,18)11(19,20)12(21,22)13(23,24)14(25,26)27/h1-2H,5-8H2. The first-order chi connectivity index (χ1) is 12.2. The van der Waals surface area contributed by atoms with Crippen LogP contribution in [0.5, 0.6) is 0 Å². The van der Waals surface area contributed by atoms with Gasteiger partial charge in [0.15, 0.2) is 0 Å². The van der Waals surface area contributed by atoms with E-state index in [1.54, 1.807) is 0 Å². The van der Waals surface area contributed by atoms with Gasteiger partial charge < -0.3 is 0 Å². The molecule has 0 N–H and O–H groups in total. The molecule has 0 aliphatic rings. The third kappa shape index (κ3) is 4.26. The maximum absolute atomic E-state index is 13.5. The highest BCUT2D eigenvalue weighted by molar-refractivity contribution is 5.10. The Kier molecular flexibility index (Phi) is 7.37. The largest absolute Gasteiger partial charge is 0.460 e. The molecule has 0 aliphatic heterocycles. The van der Waals surface area contributed by atoms with Crippen LogP contribution in [-0.4, -0.2) is 60.3 Å². The number of halogens is 13. The van der Waals surface area contributed by atoms with Gasteiger partial charge in [0.25, 0.3) is 0 Å².